The molecule has 1 aromatic carbocycles. The molecule has 0 bridgehead atoms. The number of hydrogen-bond acceptors (Lipinski definition) is 3. The van der Waals surface area contributed by atoms with Crippen molar-refractivity contribution in [1.29, 1.82) is 0 Å². The highest BCUT2D eigenvalue weighted by atomic mass is 35.5. The first-order valence-corrected chi connectivity index (χ1v) is 7.09. The zero-order valence-electron chi connectivity index (χ0n) is 10.8. The van der Waals surface area contributed by atoms with Crippen LogP contribution in [-0.2, 0) is 9.59 Å². The summed E-state index contributed by atoms with van der Waals surface area (Å²) in [5.74, 6) is -1.19. The van der Waals surface area contributed by atoms with E-state index in [-0.39, 0.29) is 0 Å². The third-order valence-electron chi connectivity index (χ3n) is 3.00. The summed E-state index contributed by atoms with van der Waals surface area (Å²) in [6.07, 6.45) is 0.839. The van der Waals surface area contributed by atoms with Crippen molar-refractivity contribution in [1.82, 2.24) is 10.2 Å². The fourth-order valence-electron chi connectivity index (χ4n) is 1.95. The number of nitrogens with zero attached hydrogens (tertiary/aromatic N) is 1. The van der Waals surface area contributed by atoms with Gasteiger partial charge in [-0.3, -0.25) is 9.59 Å². The molecular formula is C13H15Cl2N3O2. The first-order chi connectivity index (χ1) is 9.58. The van der Waals surface area contributed by atoms with Crippen LogP contribution in [0.2, 0.25) is 10.0 Å². The van der Waals surface area contributed by atoms with Crippen LogP contribution in [-0.4, -0.2) is 42.9 Å². The van der Waals surface area contributed by atoms with Crippen LogP contribution >= 0.6 is 23.2 Å². The van der Waals surface area contributed by atoms with Gasteiger partial charge in [-0.15, -0.1) is 0 Å². The zero-order chi connectivity index (χ0) is 14.5. The number of anilines is 1. The normalized spacial score (nSPS) is 15.6. The van der Waals surface area contributed by atoms with Gasteiger partial charge in [0.25, 0.3) is 0 Å². The number of rotatable bonds is 1. The minimum atomic E-state index is -0.662. The van der Waals surface area contributed by atoms with Crippen LogP contribution < -0.4 is 10.6 Å². The average molecular weight is 316 g/mol. The van der Waals surface area contributed by atoms with Gasteiger partial charge in [0.15, 0.2) is 0 Å². The van der Waals surface area contributed by atoms with E-state index in [4.69, 9.17) is 23.2 Å². The minimum Gasteiger partial charge on any atom is -0.333 e. The number of carbonyl (C=O) groups is 2. The molecule has 20 heavy (non-hydrogen) atoms. The molecule has 1 fully saturated rings. The number of hydrogen-bond donors (Lipinski definition) is 2. The van der Waals surface area contributed by atoms with Crippen molar-refractivity contribution >= 4 is 40.7 Å². The van der Waals surface area contributed by atoms with Crippen molar-refractivity contribution in [2.45, 2.75) is 6.42 Å². The highest BCUT2D eigenvalue weighted by Gasteiger charge is 2.22. The SMILES string of the molecule is O=C(Nc1ccc(Cl)c(Cl)c1)C(=O)N1CCCNCC1. The average Bonchev–Trinajstić information content (AvgIpc) is 2.71. The minimum absolute atomic E-state index is 0.330. The fraction of sp³-hybridized carbons (Fsp3) is 0.385. The zero-order valence-corrected chi connectivity index (χ0v) is 12.3. The monoisotopic (exact) mass is 315 g/mol. The highest BCUT2D eigenvalue weighted by molar-refractivity contribution is 6.42. The summed E-state index contributed by atoms with van der Waals surface area (Å²) in [4.78, 5) is 25.5. The van der Waals surface area contributed by atoms with E-state index in [1.165, 1.54) is 6.07 Å². The number of halogens is 2. The van der Waals surface area contributed by atoms with Gasteiger partial charge in [0.05, 0.1) is 10.0 Å². The Kier molecular flexibility index (Phi) is 5.23. The molecule has 0 aliphatic carbocycles. The molecule has 0 spiro atoms. The van der Waals surface area contributed by atoms with E-state index in [0.29, 0.717) is 35.4 Å². The number of amides is 2. The second kappa shape index (κ2) is 6.92. The Labute approximate surface area is 127 Å². The van der Waals surface area contributed by atoms with Crippen LogP contribution in [0, 0.1) is 0 Å². The smallest absolute Gasteiger partial charge is 0.313 e. The molecule has 0 aromatic heterocycles. The lowest BCUT2D eigenvalue weighted by molar-refractivity contribution is -0.143. The molecule has 7 heteroatoms. The Hall–Kier alpha value is -1.30. The van der Waals surface area contributed by atoms with Crippen LogP contribution in [0.3, 0.4) is 0 Å². The lowest BCUT2D eigenvalue weighted by Gasteiger charge is -2.19. The molecule has 1 saturated heterocycles. The standard InChI is InChI=1S/C13H15Cl2N3O2/c14-10-3-2-9(8-11(10)15)17-12(19)13(20)18-6-1-4-16-5-7-18/h2-3,8,16H,1,4-7H2,(H,17,19). The van der Waals surface area contributed by atoms with Crippen molar-refractivity contribution in [3.05, 3.63) is 28.2 Å². The Morgan fingerprint density at radius 2 is 1.95 bits per heavy atom. The third-order valence-corrected chi connectivity index (χ3v) is 3.74. The first kappa shape index (κ1) is 15.1. The van der Waals surface area contributed by atoms with Crippen LogP contribution in [0.1, 0.15) is 6.42 Å². The van der Waals surface area contributed by atoms with Crippen molar-refractivity contribution in [3.8, 4) is 0 Å². The van der Waals surface area contributed by atoms with Gasteiger partial charge in [-0.1, -0.05) is 23.2 Å². The maximum absolute atomic E-state index is 12.0. The van der Waals surface area contributed by atoms with E-state index in [2.05, 4.69) is 10.6 Å². The highest BCUT2D eigenvalue weighted by Crippen LogP contribution is 2.24. The predicted molar refractivity (Wildman–Crippen MR) is 79.2 cm³/mol. The lowest BCUT2D eigenvalue weighted by Crippen LogP contribution is -2.41. The van der Waals surface area contributed by atoms with E-state index in [1.54, 1.807) is 17.0 Å². The molecule has 0 radical (unpaired) electrons. The quantitative estimate of drug-likeness (QED) is 0.776. The number of carbonyl (C=O) groups excluding carboxylic acids is 2. The molecule has 0 unspecified atom stereocenters. The van der Waals surface area contributed by atoms with Crippen molar-refractivity contribution in [3.63, 3.8) is 0 Å². The van der Waals surface area contributed by atoms with Crippen molar-refractivity contribution < 1.29 is 9.59 Å². The molecule has 0 saturated carbocycles. The van der Waals surface area contributed by atoms with Gasteiger partial charge in [-0.25, -0.2) is 0 Å². The summed E-state index contributed by atoms with van der Waals surface area (Å²) in [7, 11) is 0. The predicted octanol–water partition coefficient (Wildman–Crippen LogP) is 1.75. The molecular weight excluding hydrogens is 301 g/mol. The molecule has 5 nitrogen and oxygen atoms in total. The molecule has 1 heterocycles. The Bertz CT molecular complexity index is 514. The third kappa shape index (κ3) is 3.85. The van der Waals surface area contributed by atoms with Gasteiger partial charge in [0.2, 0.25) is 0 Å². The Balaban J connectivity index is 1.99. The van der Waals surface area contributed by atoms with E-state index in [0.717, 1.165) is 13.0 Å². The van der Waals surface area contributed by atoms with Crippen molar-refractivity contribution in [2.75, 3.05) is 31.5 Å². The molecule has 1 aliphatic heterocycles. The van der Waals surface area contributed by atoms with Crippen molar-refractivity contribution in [2.24, 2.45) is 0 Å². The number of nitrogens with one attached hydrogen (secondary N) is 2. The Morgan fingerprint density at radius 1 is 1.15 bits per heavy atom. The largest absolute Gasteiger partial charge is 0.333 e. The summed E-state index contributed by atoms with van der Waals surface area (Å²) in [6, 6.07) is 4.68. The van der Waals surface area contributed by atoms with Crippen LogP contribution in [0.5, 0.6) is 0 Å². The molecule has 2 amide bonds. The van der Waals surface area contributed by atoms with Crippen LogP contribution in [0.15, 0.2) is 18.2 Å². The topological polar surface area (TPSA) is 61.4 Å². The molecule has 2 N–H and O–H groups in total. The second-order valence-corrected chi connectivity index (χ2v) is 5.29. The van der Waals surface area contributed by atoms with E-state index >= 15 is 0 Å². The van der Waals surface area contributed by atoms with Gasteiger partial charge in [-0.2, -0.15) is 0 Å². The van der Waals surface area contributed by atoms with E-state index in [1.807, 2.05) is 0 Å². The maximum Gasteiger partial charge on any atom is 0.313 e. The van der Waals surface area contributed by atoms with Gasteiger partial charge in [0.1, 0.15) is 0 Å². The van der Waals surface area contributed by atoms with Crippen LogP contribution in [0.4, 0.5) is 5.69 Å². The van der Waals surface area contributed by atoms with E-state index in [9.17, 15) is 9.59 Å². The van der Waals surface area contributed by atoms with Crippen LogP contribution in [0.25, 0.3) is 0 Å². The first-order valence-electron chi connectivity index (χ1n) is 6.34. The summed E-state index contributed by atoms with van der Waals surface area (Å²) in [5, 5.41) is 6.44. The molecule has 1 aromatic rings. The summed E-state index contributed by atoms with van der Waals surface area (Å²) >= 11 is 11.7. The molecule has 0 atom stereocenters. The molecule has 1 aliphatic rings. The fourth-order valence-corrected chi connectivity index (χ4v) is 2.25. The lowest BCUT2D eigenvalue weighted by atomic mass is 10.3. The van der Waals surface area contributed by atoms with E-state index < -0.39 is 11.8 Å². The second-order valence-electron chi connectivity index (χ2n) is 4.48. The van der Waals surface area contributed by atoms with Gasteiger partial charge < -0.3 is 15.5 Å². The maximum atomic E-state index is 12.0. The summed E-state index contributed by atoms with van der Waals surface area (Å²) < 4.78 is 0. The van der Waals surface area contributed by atoms with Gasteiger partial charge >= 0.3 is 11.8 Å². The molecule has 2 rings (SSSR count). The summed E-state index contributed by atoms with van der Waals surface area (Å²) in [6.45, 7) is 2.68. The summed E-state index contributed by atoms with van der Waals surface area (Å²) in [5.41, 5.74) is 0.450. The van der Waals surface area contributed by atoms with Gasteiger partial charge in [-0.05, 0) is 31.2 Å². The number of benzene rings is 1. The Morgan fingerprint density at radius 3 is 2.70 bits per heavy atom. The van der Waals surface area contributed by atoms with Gasteiger partial charge in [0, 0.05) is 25.3 Å². The molecule has 108 valence electrons.